The first-order valence-corrected chi connectivity index (χ1v) is 7.64. The van der Waals surface area contributed by atoms with Crippen molar-refractivity contribution in [3.8, 4) is 0 Å². The van der Waals surface area contributed by atoms with Gasteiger partial charge < -0.3 is 5.32 Å². The van der Waals surface area contributed by atoms with Gasteiger partial charge in [-0.25, -0.2) is 4.98 Å². The van der Waals surface area contributed by atoms with Crippen LogP contribution < -0.4 is 5.32 Å². The molecule has 0 saturated heterocycles. The molecule has 0 aliphatic heterocycles. The van der Waals surface area contributed by atoms with Gasteiger partial charge in [-0.15, -0.1) is 11.3 Å². The Labute approximate surface area is 127 Å². The smallest absolute Gasteiger partial charge is 0.228 e. The molecule has 1 aromatic heterocycles. The molecule has 2 aromatic carbocycles. The molecule has 0 aliphatic rings. The molecular weight excluding hydrogens is 280 g/mol. The predicted octanol–water partition coefficient (Wildman–Crippen LogP) is 4.09. The van der Waals surface area contributed by atoms with Crippen LogP contribution in [-0.2, 0) is 11.2 Å². The van der Waals surface area contributed by atoms with Crippen molar-refractivity contribution < 1.29 is 4.79 Å². The van der Waals surface area contributed by atoms with Crippen molar-refractivity contribution in [2.24, 2.45) is 0 Å². The van der Waals surface area contributed by atoms with Crippen molar-refractivity contribution >= 4 is 33.1 Å². The van der Waals surface area contributed by atoms with Gasteiger partial charge in [-0.05, 0) is 37.6 Å². The Morgan fingerprint density at radius 1 is 1.14 bits per heavy atom. The van der Waals surface area contributed by atoms with E-state index in [1.165, 1.54) is 5.56 Å². The first-order valence-electron chi connectivity index (χ1n) is 6.83. The molecule has 21 heavy (non-hydrogen) atoms. The number of fused-ring (bicyclic) bond motifs is 1. The number of aromatic nitrogens is 1. The summed E-state index contributed by atoms with van der Waals surface area (Å²) in [5.74, 6) is -0.00912. The van der Waals surface area contributed by atoms with Gasteiger partial charge in [0.2, 0.25) is 5.91 Å². The maximum atomic E-state index is 12.1. The number of thiazole rings is 1. The van der Waals surface area contributed by atoms with E-state index in [0.717, 1.165) is 26.5 Å². The number of amides is 1. The largest absolute Gasteiger partial charge is 0.326 e. The number of anilines is 1. The fourth-order valence-electron chi connectivity index (χ4n) is 2.22. The van der Waals surface area contributed by atoms with Crippen LogP contribution in [0.1, 0.15) is 16.1 Å². The van der Waals surface area contributed by atoms with Crippen LogP contribution in [-0.4, -0.2) is 10.9 Å². The van der Waals surface area contributed by atoms with Crippen molar-refractivity contribution in [2.45, 2.75) is 20.3 Å². The summed E-state index contributed by atoms with van der Waals surface area (Å²) in [6.07, 6.45) is 0.383. The normalized spacial score (nSPS) is 10.8. The van der Waals surface area contributed by atoms with E-state index in [1.807, 2.05) is 56.3 Å². The second kappa shape index (κ2) is 5.66. The van der Waals surface area contributed by atoms with E-state index in [-0.39, 0.29) is 5.91 Å². The highest BCUT2D eigenvalue weighted by molar-refractivity contribution is 7.18. The van der Waals surface area contributed by atoms with E-state index in [2.05, 4.69) is 10.3 Å². The number of benzene rings is 2. The lowest BCUT2D eigenvalue weighted by Crippen LogP contribution is -2.14. The minimum Gasteiger partial charge on any atom is -0.326 e. The Morgan fingerprint density at radius 2 is 1.90 bits per heavy atom. The average molecular weight is 296 g/mol. The third kappa shape index (κ3) is 3.28. The van der Waals surface area contributed by atoms with Crippen LogP contribution in [0, 0.1) is 13.8 Å². The summed E-state index contributed by atoms with van der Waals surface area (Å²) < 4.78 is 1.14. The number of nitrogens with zero attached hydrogens (tertiary/aromatic N) is 1. The Morgan fingerprint density at radius 3 is 2.67 bits per heavy atom. The summed E-state index contributed by atoms with van der Waals surface area (Å²) in [5, 5.41) is 3.97. The summed E-state index contributed by atoms with van der Waals surface area (Å²) in [7, 11) is 0. The van der Waals surface area contributed by atoms with Crippen LogP contribution in [0.15, 0.2) is 42.5 Å². The number of hydrogen-bond donors (Lipinski definition) is 1. The maximum absolute atomic E-state index is 12.1. The minimum atomic E-state index is -0.00912. The number of carbonyl (C=O) groups excluding carboxylic acids is 1. The number of hydrogen-bond acceptors (Lipinski definition) is 3. The van der Waals surface area contributed by atoms with Crippen LogP contribution >= 0.6 is 11.3 Å². The van der Waals surface area contributed by atoms with Crippen molar-refractivity contribution in [1.82, 2.24) is 4.98 Å². The van der Waals surface area contributed by atoms with E-state index in [9.17, 15) is 4.79 Å². The molecule has 0 aliphatic carbocycles. The number of aryl methyl sites for hydroxylation is 2. The van der Waals surface area contributed by atoms with Crippen molar-refractivity contribution in [1.29, 1.82) is 0 Å². The quantitative estimate of drug-likeness (QED) is 0.791. The molecule has 0 radical (unpaired) electrons. The van der Waals surface area contributed by atoms with E-state index in [1.54, 1.807) is 11.3 Å². The SMILES string of the molecule is Cc1ccc(CC(=O)Nc2ccc3sc(C)nc3c2)cc1. The van der Waals surface area contributed by atoms with Gasteiger partial charge in [0.05, 0.1) is 21.6 Å². The Hall–Kier alpha value is -2.20. The lowest BCUT2D eigenvalue weighted by atomic mass is 10.1. The fourth-order valence-corrected chi connectivity index (χ4v) is 3.02. The molecule has 1 amide bonds. The van der Waals surface area contributed by atoms with E-state index >= 15 is 0 Å². The second-order valence-corrected chi connectivity index (χ2v) is 6.36. The molecule has 0 unspecified atom stereocenters. The standard InChI is InChI=1S/C17H16N2OS/c1-11-3-5-13(6-4-11)9-17(20)19-14-7-8-16-15(10-14)18-12(2)21-16/h3-8,10H,9H2,1-2H3,(H,19,20). The van der Waals surface area contributed by atoms with E-state index < -0.39 is 0 Å². The van der Waals surface area contributed by atoms with Crippen molar-refractivity contribution in [2.75, 3.05) is 5.32 Å². The highest BCUT2D eigenvalue weighted by atomic mass is 32.1. The zero-order valence-electron chi connectivity index (χ0n) is 12.0. The Balaban J connectivity index is 1.71. The molecule has 4 heteroatoms. The Bertz CT molecular complexity index is 790. The van der Waals surface area contributed by atoms with Gasteiger partial charge >= 0.3 is 0 Å². The van der Waals surface area contributed by atoms with Crippen LogP contribution in [0.4, 0.5) is 5.69 Å². The third-order valence-corrected chi connectivity index (χ3v) is 4.22. The van der Waals surface area contributed by atoms with Crippen LogP contribution in [0.2, 0.25) is 0 Å². The van der Waals surface area contributed by atoms with Gasteiger partial charge in [0.1, 0.15) is 0 Å². The fraction of sp³-hybridized carbons (Fsp3) is 0.176. The second-order valence-electron chi connectivity index (χ2n) is 5.13. The molecule has 1 heterocycles. The van der Waals surface area contributed by atoms with Crippen LogP contribution in [0.3, 0.4) is 0 Å². The van der Waals surface area contributed by atoms with Gasteiger partial charge in [-0.2, -0.15) is 0 Å². The van der Waals surface area contributed by atoms with Gasteiger partial charge in [0, 0.05) is 5.69 Å². The summed E-state index contributed by atoms with van der Waals surface area (Å²) in [5.41, 5.74) is 3.95. The summed E-state index contributed by atoms with van der Waals surface area (Å²) in [6, 6.07) is 13.9. The van der Waals surface area contributed by atoms with Crippen molar-refractivity contribution in [3.05, 3.63) is 58.6 Å². The lowest BCUT2D eigenvalue weighted by Gasteiger charge is -2.05. The molecule has 106 valence electrons. The molecule has 0 bridgehead atoms. The summed E-state index contributed by atoms with van der Waals surface area (Å²) in [4.78, 5) is 16.5. The van der Waals surface area contributed by atoms with Crippen molar-refractivity contribution in [3.63, 3.8) is 0 Å². The van der Waals surface area contributed by atoms with E-state index in [0.29, 0.717) is 6.42 Å². The number of rotatable bonds is 3. The van der Waals surface area contributed by atoms with Gasteiger partial charge in [0.15, 0.2) is 0 Å². The molecule has 0 spiro atoms. The predicted molar refractivity (Wildman–Crippen MR) is 87.9 cm³/mol. The molecule has 1 N–H and O–H groups in total. The third-order valence-electron chi connectivity index (χ3n) is 3.26. The van der Waals surface area contributed by atoms with Gasteiger partial charge in [0.25, 0.3) is 0 Å². The zero-order valence-corrected chi connectivity index (χ0v) is 12.8. The highest BCUT2D eigenvalue weighted by Gasteiger charge is 2.06. The molecule has 0 fully saturated rings. The molecule has 0 atom stereocenters. The van der Waals surface area contributed by atoms with Crippen LogP contribution in [0.25, 0.3) is 10.2 Å². The van der Waals surface area contributed by atoms with Gasteiger partial charge in [-0.1, -0.05) is 29.8 Å². The number of carbonyl (C=O) groups is 1. The van der Waals surface area contributed by atoms with Crippen LogP contribution in [0.5, 0.6) is 0 Å². The Kier molecular flexibility index (Phi) is 3.71. The molecule has 3 rings (SSSR count). The highest BCUT2D eigenvalue weighted by Crippen LogP contribution is 2.24. The maximum Gasteiger partial charge on any atom is 0.228 e. The zero-order chi connectivity index (χ0) is 14.8. The minimum absolute atomic E-state index is 0.00912. The molecule has 0 saturated carbocycles. The average Bonchev–Trinajstić information content (AvgIpc) is 2.80. The first-order chi connectivity index (χ1) is 10.1. The topological polar surface area (TPSA) is 42.0 Å². The first kappa shape index (κ1) is 13.8. The van der Waals surface area contributed by atoms with E-state index in [4.69, 9.17) is 0 Å². The molecule has 3 nitrogen and oxygen atoms in total. The molecular formula is C17H16N2OS. The summed E-state index contributed by atoms with van der Waals surface area (Å²) >= 11 is 1.66. The molecule has 3 aromatic rings. The lowest BCUT2D eigenvalue weighted by molar-refractivity contribution is -0.115. The van der Waals surface area contributed by atoms with Gasteiger partial charge in [-0.3, -0.25) is 4.79 Å². The number of nitrogens with one attached hydrogen (secondary N) is 1. The summed E-state index contributed by atoms with van der Waals surface area (Å²) in [6.45, 7) is 4.02. The monoisotopic (exact) mass is 296 g/mol.